The van der Waals surface area contributed by atoms with E-state index in [2.05, 4.69) is 15.3 Å². The Morgan fingerprint density at radius 2 is 1.77 bits per heavy atom. The first kappa shape index (κ1) is 23.0. The van der Waals surface area contributed by atoms with Crippen LogP contribution in [0.3, 0.4) is 0 Å². The molecule has 0 spiro atoms. The molecule has 1 N–H and O–H groups in total. The highest BCUT2D eigenvalue weighted by molar-refractivity contribution is 6.32. The smallest absolute Gasteiger partial charge is 0.343 e. The van der Waals surface area contributed by atoms with Crippen molar-refractivity contribution in [1.29, 1.82) is 0 Å². The second-order valence-electron chi connectivity index (χ2n) is 5.78. The number of esters is 1. The van der Waals surface area contributed by atoms with Crippen molar-refractivity contribution in [1.82, 2.24) is 5.43 Å². The van der Waals surface area contributed by atoms with E-state index in [0.717, 1.165) is 0 Å². The van der Waals surface area contributed by atoms with Gasteiger partial charge in [-0.25, -0.2) is 10.2 Å². The Hall–Kier alpha value is -3.26. The number of ether oxygens (including phenoxy) is 4. The maximum atomic E-state index is 12.2. The van der Waals surface area contributed by atoms with Crippen LogP contribution in [0.1, 0.15) is 29.8 Å². The van der Waals surface area contributed by atoms with Gasteiger partial charge in [-0.1, -0.05) is 11.6 Å². The summed E-state index contributed by atoms with van der Waals surface area (Å²) in [5, 5.41) is 4.18. The molecule has 2 rings (SSSR count). The maximum absolute atomic E-state index is 12.2. The molecule has 0 fully saturated rings. The third kappa shape index (κ3) is 6.66. The second-order valence-corrected chi connectivity index (χ2v) is 6.19. The number of hydrazone groups is 1. The van der Waals surface area contributed by atoms with E-state index < -0.39 is 5.97 Å². The van der Waals surface area contributed by atoms with Gasteiger partial charge in [-0.05, 0) is 55.8 Å². The third-order valence-corrected chi connectivity index (χ3v) is 3.98. The van der Waals surface area contributed by atoms with Crippen molar-refractivity contribution >= 4 is 29.7 Å². The van der Waals surface area contributed by atoms with Crippen molar-refractivity contribution < 1.29 is 28.5 Å². The van der Waals surface area contributed by atoms with E-state index in [1.807, 2.05) is 6.92 Å². The van der Waals surface area contributed by atoms with E-state index in [0.29, 0.717) is 35.8 Å². The molecule has 0 atom stereocenters. The Morgan fingerprint density at radius 3 is 2.40 bits per heavy atom. The summed E-state index contributed by atoms with van der Waals surface area (Å²) >= 11 is 6.26. The second kappa shape index (κ2) is 11.7. The average Bonchev–Trinajstić information content (AvgIpc) is 2.74. The molecule has 0 saturated heterocycles. The molecule has 2 aromatic rings. The summed E-state index contributed by atoms with van der Waals surface area (Å²) in [7, 11) is 1.26. The summed E-state index contributed by atoms with van der Waals surface area (Å²) in [6, 6.07) is 9.92. The monoisotopic (exact) mass is 434 g/mol. The first-order valence-corrected chi connectivity index (χ1v) is 9.58. The lowest BCUT2D eigenvalue weighted by atomic mass is 10.2. The fourth-order valence-corrected chi connectivity index (χ4v) is 2.63. The topological polar surface area (TPSA) is 95.5 Å². The lowest BCUT2D eigenvalue weighted by Crippen LogP contribution is -2.17. The van der Waals surface area contributed by atoms with Crippen LogP contribution < -0.4 is 19.6 Å². The van der Waals surface area contributed by atoms with Crippen molar-refractivity contribution in [3.05, 3.63) is 52.5 Å². The SMILES string of the molecule is CCOc1ccc(C(=O)N/N=C\c2cc(Cl)c(OCC(=O)OC)c(OCC)c2)cc1. The van der Waals surface area contributed by atoms with E-state index >= 15 is 0 Å². The van der Waals surface area contributed by atoms with Gasteiger partial charge in [-0.2, -0.15) is 5.10 Å². The molecule has 9 heteroatoms. The van der Waals surface area contributed by atoms with Gasteiger partial charge in [-0.15, -0.1) is 0 Å². The van der Waals surface area contributed by atoms with Gasteiger partial charge >= 0.3 is 5.97 Å². The van der Waals surface area contributed by atoms with Crippen molar-refractivity contribution in [2.24, 2.45) is 5.10 Å². The number of hydrogen-bond acceptors (Lipinski definition) is 7. The highest BCUT2D eigenvalue weighted by Gasteiger charge is 2.14. The van der Waals surface area contributed by atoms with E-state index in [9.17, 15) is 9.59 Å². The highest BCUT2D eigenvalue weighted by atomic mass is 35.5. The van der Waals surface area contributed by atoms with Gasteiger partial charge in [-0.3, -0.25) is 4.79 Å². The molecule has 0 aromatic heterocycles. The van der Waals surface area contributed by atoms with Gasteiger partial charge in [0.05, 0.1) is 31.6 Å². The molecule has 8 nitrogen and oxygen atoms in total. The fraction of sp³-hybridized carbons (Fsp3) is 0.286. The summed E-state index contributed by atoms with van der Waals surface area (Å²) < 4.78 is 20.8. The predicted octanol–water partition coefficient (Wildman–Crippen LogP) is 3.45. The summed E-state index contributed by atoms with van der Waals surface area (Å²) in [5.74, 6) is 0.331. The van der Waals surface area contributed by atoms with E-state index in [-0.39, 0.29) is 23.3 Å². The van der Waals surface area contributed by atoms with Crippen molar-refractivity contribution in [2.45, 2.75) is 13.8 Å². The van der Waals surface area contributed by atoms with Crippen LogP contribution in [-0.4, -0.2) is 45.0 Å². The molecule has 0 aliphatic rings. The number of amides is 1. The molecule has 0 aliphatic heterocycles. The van der Waals surface area contributed by atoms with E-state index in [1.165, 1.54) is 13.3 Å². The number of halogens is 1. The first-order chi connectivity index (χ1) is 14.5. The standard InChI is InChI=1S/C21H23ClN2O6/c1-4-28-16-8-6-15(7-9-16)21(26)24-23-12-14-10-17(22)20(18(11-14)29-5-2)30-13-19(25)27-3/h6-12H,4-5,13H2,1-3H3,(H,24,26)/b23-12-. The average molecular weight is 435 g/mol. The zero-order valence-corrected chi connectivity index (χ0v) is 17.7. The lowest BCUT2D eigenvalue weighted by Gasteiger charge is -2.13. The molecule has 1 amide bonds. The molecule has 0 saturated carbocycles. The molecule has 0 heterocycles. The van der Waals surface area contributed by atoms with Gasteiger partial charge in [0.1, 0.15) is 5.75 Å². The van der Waals surface area contributed by atoms with Gasteiger partial charge < -0.3 is 18.9 Å². The van der Waals surface area contributed by atoms with Crippen LogP contribution in [0.2, 0.25) is 5.02 Å². The highest BCUT2D eigenvalue weighted by Crippen LogP contribution is 2.36. The van der Waals surface area contributed by atoms with Crippen LogP contribution in [0.4, 0.5) is 0 Å². The van der Waals surface area contributed by atoms with Crippen LogP contribution in [0.5, 0.6) is 17.2 Å². The summed E-state index contributed by atoms with van der Waals surface area (Å²) in [6.45, 7) is 4.29. The molecule has 0 bridgehead atoms. The Kier molecular flexibility index (Phi) is 8.96. The summed E-state index contributed by atoms with van der Waals surface area (Å²) in [6.07, 6.45) is 1.42. The molecule has 0 radical (unpaired) electrons. The number of hydrogen-bond donors (Lipinski definition) is 1. The number of carbonyl (C=O) groups is 2. The lowest BCUT2D eigenvalue weighted by molar-refractivity contribution is -0.142. The van der Waals surface area contributed by atoms with Gasteiger partial charge in [0.15, 0.2) is 18.1 Å². The maximum Gasteiger partial charge on any atom is 0.343 e. The third-order valence-electron chi connectivity index (χ3n) is 3.70. The van der Waals surface area contributed by atoms with E-state index in [1.54, 1.807) is 43.3 Å². The Balaban J connectivity index is 2.08. The molecule has 2 aromatic carbocycles. The van der Waals surface area contributed by atoms with Crippen molar-refractivity contribution in [3.8, 4) is 17.2 Å². The largest absolute Gasteiger partial charge is 0.494 e. The van der Waals surface area contributed by atoms with Crippen LogP contribution in [0.15, 0.2) is 41.5 Å². The quantitative estimate of drug-likeness (QED) is 0.349. The zero-order chi connectivity index (χ0) is 21.9. The van der Waals surface area contributed by atoms with Gasteiger partial charge in [0.25, 0.3) is 5.91 Å². The predicted molar refractivity (Wildman–Crippen MR) is 113 cm³/mol. The van der Waals surface area contributed by atoms with E-state index in [4.69, 9.17) is 25.8 Å². The number of nitrogens with zero attached hydrogens (tertiary/aromatic N) is 1. The number of nitrogens with one attached hydrogen (secondary N) is 1. The van der Waals surface area contributed by atoms with Crippen LogP contribution >= 0.6 is 11.6 Å². The van der Waals surface area contributed by atoms with Crippen molar-refractivity contribution in [3.63, 3.8) is 0 Å². The minimum absolute atomic E-state index is 0.222. The molecule has 30 heavy (non-hydrogen) atoms. The normalized spacial score (nSPS) is 10.5. The minimum atomic E-state index is -0.545. The van der Waals surface area contributed by atoms with Gasteiger partial charge in [0, 0.05) is 5.56 Å². The van der Waals surface area contributed by atoms with Crippen LogP contribution in [-0.2, 0) is 9.53 Å². The molecule has 0 unspecified atom stereocenters. The van der Waals surface area contributed by atoms with Gasteiger partial charge in [0.2, 0.25) is 0 Å². The van der Waals surface area contributed by atoms with Crippen LogP contribution in [0, 0.1) is 0 Å². The minimum Gasteiger partial charge on any atom is -0.494 e. The Morgan fingerprint density at radius 1 is 1.07 bits per heavy atom. The number of rotatable bonds is 10. The fourth-order valence-electron chi connectivity index (χ4n) is 2.35. The number of methoxy groups -OCH3 is 1. The molecule has 0 aliphatic carbocycles. The molecular weight excluding hydrogens is 412 g/mol. The molecule has 160 valence electrons. The number of carbonyl (C=O) groups excluding carboxylic acids is 2. The van der Waals surface area contributed by atoms with Crippen molar-refractivity contribution in [2.75, 3.05) is 26.9 Å². The first-order valence-electron chi connectivity index (χ1n) is 9.20. The zero-order valence-electron chi connectivity index (χ0n) is 16.9. The Labute approximate surface area is 179 Å². The summed E-state index contributed by atoms with van der Waals surface area (Å²) in [4.78, 5) is 23.5. The Bertz CT molecular complexity index is 899. The van der Waals surface area contributed by atoms with Crippen LogP contribution in [0.25, 0.3) is 0 Å². The number of benzene rings is 2. The molecular formula is C21H23ClN2O6. The summed E-state index contributed by atoms with van der Waals surface area (Å²) in [5.41, 5.74) is 3.46.